The SMILES string of the molecule is COc1cccc(C2CCCN(CC(=O)c3ccccc3)C2)c1. The molecule has 2 aromatic rings. The molecule has 0 N–H and O–H groups in total. The monoisotopic (exact) mass is 309 g/mol. The Morgan fingerprint density at radius 1 is 1.17 bits per heavy atom. The van der Waals surface area contributed by atoms with Gasteiger partial charge in [-0.1, -0.05) is 42.5 Å². The van der Waals surface area contributed by atoms with Gasteiger partial charge in [0.25, 0.3) is 0 Å². The Bertz CT molecular complexity index is 654. The van der Waals surface area contributed by atoms with E-state index in [-0.39, 0.29) is 5.78 Å². The van der Waals surface area contributed by atoms with Gasteiger partial charge in [-0.15, -0.1) is 0 Å². The Hall–Kier alpha value is -2.13. The van der Waals surface area contributed by atoms with Crippen LogP contribution in [0.4, 0.5) is 0 Å². The highest BCUT2D eigenvalue weighted by Crippen LogP contribution is 2.29. The minimum absolute atomic E-state index is 0.205. The highest BCUT2D eigenvalue weighted by molar-refractivity contribution is 5.97. The Morgan fingerprint density at radius 3 is 2.78 bits per heavy atom. The van der Waals surface area contributed by atoms with Crippen molar-refractivity contribution < 1.29 is 9.53 Å². The molecule has 0 saturated carbocycles. The number of rotatable bonds is 5. The van der Waals surface area contributed by atoms with Gasteiger partial charge in [-0.3, -0.25) is 9.69 Å². The lowest BCUT2D eigenvalue weighted by Crippen LogP contribution is -2.38. The normalized spacial score (nSPS) is 18.6. The zero-order valence-corrected chi connectivity index (χ0v) is 13.6. The minimum atomic E-state index is 0.205. The molecule has 0 bridgehead atoms. The lowest BCUT2D eigenvalue weighted by Gasteiger charge is -2.32. The van der Waals surface area contributed by atoms with Crippen molar-refractivity contribution in [1.29, 1.82) is 0 Å². The van der Waals surface area contributed by atoms with E-state index in [0.717, 1.165) is 30.8 Å². The van der Waals surface area contributed by atoms with Crippen LogP contribution in [-0.4, -0.2) is 37.4 Å². The van der Waals surface area contributed by atoms with Crippen LogP contribution in [-0.2, 0) is 0 Å². The smallest absolute Gasteiger partial charge is 0.176 e. The molecule has 1 aliphatic rings. The summed E-state index contributed by atoms with van der Waals surface area (Å²) in [6, 6.07) is 17.9. The second kappa shape index (κ2) is 7.42. The third-order valence-electron chi connectivity index (χ3n) is 4.53. The van der Waals surface area contributed by atoms with Gasteiger partial charge in [-0.25, -0.2) is 0 Å². The molecule has 1 unspecified atom stereocenters. The summed E-state index contributed by atoms with van der Waals surface area (Å²) in [5.41, 5.74) is 2.11. The van der Waals surface area contributed by atoms with Gasteiger partial charge in [-0.2, -0.15) is 0 Å². The van der Waals surface area contributed by atoms with Crippen molar-refractivity contribution in [3.8, 4) is 5.75 Å². The Kier molecular flexibility index (Phi) is 5.09. The highest BCUT2D eigenvalue weighted by atomic mass is 16.5. The number of piperidine rings is 1. The standard InChI is InChI=1S/C20H23NO2/c1-23-19-11-5-9-17(13-19)18-10-6-12-21(14-18)15-20(22)16-7-3-2-4-8-16/h2-5,7-9,11,13,18H,6,10,12,14-15H2,1H3. The van der Waals surface area contributed by atoms with Gasteiger partial charge >= 0.3 is 0 Å². The van der Waals surface area contributed by atoms with Crippen molar-refractivity contribution in [3.63, 3.8) is 0 Å². The van der Waals surface area contributed by atoms with E-state index in [1.807, 2.05) is 42.5 Å². The molecule has 120 valence electrons. The zero-order chi connectivity index (χ0) is 16.1. The van der Waals surface area contributed by atoms with Crippen LogP contribution in [0, 0.1) is 0 Å². The van der Waals surface area contributed by atoms with E-state index < -0.39 is 0 Å². The number of carbonyl (C=O) groups excluding carboxylic acids is 1. The molecule has 1 fully saturated rings. The third-order valence-corrected chi connectivity index (χ3v) is 4.53. The summed E-state index contributed by atoms with van der Waals surface area (Å²) in [6.45, 7) is 2.44. The molecule has 1 saturated heterocycles. The first-order valence-electron chi connectivity index (χ1n) is 8.21. The summed E-state index contributed by atoms with van der Waals surface area (Å²) in [4.78, 5) is 14.7. The molecule has 23 heavy (non-hydrogen) atoms. The van der Waals surface area contributed by atoms with Gasteiger partial charge in [0.2, 0.25) is 0 Å². The molecule has 0 aliphatic carbocycles. The van der Waals surface area contributed by atoms with Gasteiger partial charge in [0.15, 0.2) is 5.78 Å². The van der Waals surface area contributed by atoms with E-state index in [1.165, 1.54) is 12.0 Å². The topological polar surface area (TPSA) is 29.5 Å². The maximum atomic E-state index is 12.4. The first kappa shape index (κ1) is 15.8. The molecule has 2 aromatic carbocycles. The molecular weight excluding hydrogens is 286 g/mol. The Morgan fingerprint density at radius 2 is 2.00 bits per heavy atom. The van der Waals surface area contributed by atoms with Gasteiger partial charge in [0.05, 0.1) is 13.7 Å². The number of methoxy groups -OCH3 is 1. The largest absolute Gasteiger partial charge is 0.497 e. The fourth-order valence-electron chi connectivity index (χ4n) is 3.29. The van der Waals surface area contributed by atoms with Crippen LogP contribution < -0.4 is 4.74 Å². The molecule has 0 aromatic heterocycles. The molecular formula is C20H23NO2. The van der Waals surface area contributed by atoms with Crippen molar-refractivity contribution in [2.24, 2.45) is 0 Å². The van der Waals surface area contributed by atoms with Crippen LogP contribution in [0.1, 0.15) is 34.7 Å². The third kappa shape index (κ3) is 3.99. The van der Waals surface area contributed by atoms with E-state index >= 15 is 0 Å². The second-order valence-electron chi connectivity index (χ2n) is 6.14. The molecule has 0 radical (unpaired) electrons. The number of Topliss-reactive ketones (excluding diaryl/α,β-unsaturated/α-hetero) is 1. The minimum Gasteiger partial charge on any atom is -0.497 e. The number of hydrogen-bond donors (Lipinski definition) is 0. The average Bonchev–Trinajstić information content (AvgIpc) is 2.63. The first-order chi connectivity index (χ1) is 11.3. The predicted molar refractivity (Wildman–Crippen MR) is 92.2 cm³/mol. The summed E-state index contributed by atoms with van der Waals surface area (Å²) in [7, 11) is 1.70. The lowest BCUT2D eigenvalue weighted by atomic mass is 9.90. The molecule has 0 amide bonds. The lowest BCUT2D eigenvalue weighted by molar-refractivity contribution is 0.0906. The van der Waals surface area contributed by atoms with Crippen molar-refractivity contribution in [2.75, 3.05) is 26.7 Å². The van der Waals surface area contributed by atoms with E-state index in [2.05, 4.69) is 17.0 Å². The number of nitrogens with zero attached hydrogens (tertiary/aromatic N) is 1. The molecule has 0 spiro atoms. The fourth-order valence-corrected chi connectivity index (χ4v) is 3.29. The summed E-state index contributed by atoms with van der Waals surface area (Å²) in [5, 5.41) is 0. The van der Waals surface area contributed by atoms with Crippen LogP contribution >= 0.6 is 0 Å². The fraction of sp³-hybridized carbons (Fsp3) is 0.350. The summed E-state index contributed by atoms with van der Waals surface area (Å²) in [5.74, 6) is 1.58. The number of hydrogen-bond acceptors (Lipinski definition) is 3. The van der Waals surface area contributed by atoms with Gasteiger partial charge in [-0.05, 0) is 43.0 Å². The number of likely N-dealkylation sites (tertiary alicyclic amines) is 1. The number of ketones is 1. The average molecular weight is 309 g/mol. The zero-order valence-electron chi connectivity index (χ0n) is 13.6. The van der Waals surface area contributed by atoms with Crippen LogP contribution in [0.2, 0.25) is 0 Å². The molecule has 3 nitrogen and oxygen atoms in total. The van der Waals surface area contributed by atoms with Crippen molar-refractivity contribution >= 4 is 5.78 Å². The second-order valence-corrected chi connectivity index (χ2v) is 6.14. The van der Waals surface area contributed by atoms with Crippen LogP contribution in [0.5, 0.6) is 5.75 Å². The summed E-state index contributed by atoms with van der Waals surface area (Å²) >= 11 is 0. The number of benzene rings is 2. The first-order valence-corrected chi connectivity index (χ1v) is 8.21. The number of ether oxygens (including phenoxy) is 1. The highest BCUT2D eigenvalue weighted by Gasteiger charge is 2.23. The molecule has 3 rings (SSSR count). The van der Waals surface area contributed by atoms with Crippen molar-refractivity contribution in [3.05, 3.63) is 65.7 Å². The van der Waals surface area contributed by atoms with Gasteiger partial charge in [0, 0.05) is 12.1 Å². The predicted octanol–water partition coefficient (Wildman–Crippen LogP) is 3.76. The Labute approximate surface area is 137 Å². The van der Waals surface area contributed by atoms with Crippen molar-refractivity contribution in [1.82, 2.24) is 4.90 Å². The van der Waals surface area contributed by atoms with Crippen molar-refractivity contribution in [2.45, 2.75) is 18.8 Å². The van der Waals surface area contributed by atoms with E-state index in [9.17, 15) is 4.79 Å². The van der Waals surface area contributed by atoms with Gasteiger partial charge < -0.3 is 4.74 Å². The maximum Gasteiger partial charge on any atom is 0.176 e. The number of carbonyl (C=O) groups is 1. The van der Waals surface area contributed by atoms with Crippen LogP contribution in [0.25, 0.3) is 0 Å². The van der Waals surface area contributed by atoms with Crippen LogP contribution in [0.15, 0.2) is 54.6 Å². The van der Waals surface area contributed by atoms with Gasteiger partial charge in [0.1, 0.15) is 5.75 Å². The van der Waals surface area contributed by atoms with Crippen LogP contribution in [0.3, 0.4) is 0 Å². The quantitative estimate of drug-likeness (QED) is 0.788. The van der Waals surface area contributed by atoms with E-state index in [4.69, 9.17) is 4.74 Å². The van der Waals surface area contributed by atoms with E-state index in [0.29, 0.717) is 12.5 Å². The molecule has 3 heteroatoms. The molecule has 1 atom stereocenters. The van der Waals surface area contributed by atoms with E-state index in [1.54, 1.807) is 7.11 Å². The maximum absolute atomic E-state index is 12.4. The Balaban J connectivity index is 1.65. The summed E-state index contributed by atoms with van der Waals surface area (Å²) in [6.07, 6.45) is 2.30. The molecule has 1 aliphatic heterocycles. The summed E-state index contributed by atoms with van der Waals surface area (Å²) < 4.78 is 5.33. The molecule has 1 heterocycles.